The summed E-state index contributed by atoms with van der Waals surface area (Å²) in [7, 11) is 0. The Morgan fingerprint density at radius 2 is 1.86 bits per heavy atom. The summed E-state index contributed by atoms with van der Waals surface area (Å²) < 4.78 is 13.2. The lowest BCUT2D eigenvalue weighted by Crippen LogP contribution is -2.48. The van der Waals surface area contributed by atoms with E-state index in [4.69, 9.17) is 23.2 Å². The molecule has 0 aliphatic rings. The van der Waals surface area contributed by atoms with Gasteiger partial charge in [0.05, 0.1) is 5.75 Å². The van der Waals surface area contributed by atoms with Crippen molar-refractivity contribution < 1.29 is 14.0 Å². The van der Waals surface area contributed by atoms with Crippen molar-refractivity contribution in [1.82, 2.24) is 10.2 Å². The van der Waals surface area contributed by atoms with Gasteiger partial charge in [-0.2, -0.15) is 0 Å². The Labute approximate surface area is 184 Å². The van der Waals surface area contributed by atoms with E-state index < -0.39 is 6.04 Å². The molecule has 1 atom stereocenters. The molecule has 8 heteroatoms. The summed E-state index contributed by atoms with van der Waals surface area (Å²) in [5.41, 5.74) is 1.64. The summed E-state index contributed by atoms with van der Waals surface area (Å²) in [6.45, 7) is 4.21. The number of carbonyl (C=O) groups is 2. The highest BCUT2D eigenvalue weighted by molar-refractivity contribution is 7.99. The number of carbonyl (C=O) groups excluding carboxylic acids is 2. The number of likely N-dealkylation sites (N-methyl/N-ethyl adjacent to an activating group) is 1. The molecule has 1 unspecified atom stereocenters. The summed E-state index contributed by atoms with van der Waals surface area (Å²) in [6.07, 6.45) is 0. The first-order valence-electron chi connectivity index (χ1n) is 9.15. The van der Waals surface area contributed by atoms with E-state index in [1.165, 1.54) is 28.8 Å². The third-order valence-electron chi connectivity index (χ3n) is 4.28. The number of benzene rings is 2. The molecule has 4 nitrogen and oxygen atoms in total. The van der Waals surface area contributed by atoms with Crippen LogP contribution in [-0.4, -0.2) is 35.1 Å². The highest BCUT2D eigenvalue weighted by Crippen LogP contribution is 2.25. The first kappa shape index (κ1) is 23.5. The Kier molecular flexibility index (Phi) is 9.27. The number of nitrogens with zero attached hydrogens (tertiary/aromatic N) is 1. The molecule has 0 aromatic heterocycles. The lowest BCUT2D eigenvalue weighted by Gasteiger charge is -2.28. The van der Waals surface area contributed by atoms with Crippen LogP contribution in [0.2, 0.25) is 10.0 Å². The minimum atomic E-state index is -0.646. The van der Waals surface area contributed by atoms with Gasteiger partial charge in [0.15, 0.2) is 0 Å². The molecule has 2 rings (SSSR count). The first-order chi connectivity index (χ1) is 13.8. The summed E-state index contributed by atoms with van der Waals surface area (Å²) in [4.78, 5) is 26.7. The van der Waals surface area contributed by atoms with Gasteiger partial charge in [0.2, 0.25) is 11.8 Å². The molecule has 2 amide bonds. The number of hydrogen-bond acceptors (Lipinski definition) is 3. The number of halogens is 3. The molecular weight excluding hydrogens is 434 g/mol. The molecule has 0 aliphatic heterocycles. The molecular formula is C21H23Cl2FN2O2S. The lowest BCUT2D eigenvalue weighted by atomic mass is 10.1. The largest absolute Gasteiger partial charge is 0.355 e. The fourth-order valence-corrected chi connectivity index (χ4v) is 4.13. The van der Waals surface area contributed by atoms with Crippen LogP contribution in [0.5, 0.6) is 0 Å². The van der Waals surface area contributed by atoms with E-state index in [1.54, 1.807) is 31.2 Å². The summed E-state index contributed by atoms with van der Waals surface area (Å²) in [5, 5.41) is 3.85. The molecule has 0 saturated heterocycles. The molecule has 1 N–H and O–H groups in total. The molecule has 0 aliphatic carbocycles. The van der Waals surface area contributed by atoms with Gasteiger partial charge in [-0.1, -0.05) is 41.4 Å². The van der Waals surface area contributed by atoms with Crippen molar-refractivity contribution in [3.63, 3.8) is 0 Å². The van der Waals surface area contributed by atoms with E-state index in [-0.39, 0.29) is 29.9 Å². The molecule has 0 spiro atoms. The van der Waals surface area contributed by atoms with E-state index in [0.29, 0.717) is 22.3 Å². The molecule has 0 bridgehead atoms. The Bertz CT molecular complexity index is 849. The second kappa shape index (κ2) is 11.4. The van der Waals surface area contributed by atoms with Gasteiger partial charge in [-0.15, -0.1) is 11.8 Å². The maximum absolute atomic E-state index is 13.2. The fraction of sp³-hybridized carbons (Fsp3) is 0.333. The summed E-state index contributed by atoms with van der Waals surface area (Å²) in [5.74, 6) is -0.0263. The molecule has 0 radical (unpaired) electrons. The number of nitrogens with one attached hydrogen (secondary N) is 1. The van der Waals surface area contributed by atoms with E-state index >= 15 is 0 Å². The van der Waals surface area contributed by atoms with Crippen molar-refractivity contribution in [3.05, 3.63) is 69.5 Å². The predicted molar refractivity (Wildman–Crippen MR) is 118 cm³/mol. The average molecular weight is 457 g/mol. The molecule has 156 valence electrons. The Balaban J connectivity index is 2.06. The van der Waals surface area contributed by atoms with Gasteiger partial charge in [0, 0.05) is 28.9 Å². The molecule has 2 aromatic rings. The van der Waals surface area contributed by atoms with Crippen LogP contribution in [0.1, 0.15) is 25.0 Å². The minimum absolute atomic E-state index is 0.178. The fourth-order valence-electron chi connectivity index (χ4n) is 2.66. The van der Waals surface area contributed by atoms with Gasteiger partial charge >= 0.3 is 0 Å². The third kappa shape index (κ3) is 7.21. The molecule has 0 fully saturated rings. The number of thioether (sulfide) groups is 1. The molecule has 0 saturated carbocycles. The second-order valence-corrected chi connectivity index (χ2v) is 8.28. The highest BCUT2D eigenvalue weighted by atomic mass is 35.5. The van der Waals surface area contributed by atoms with Crippen LogP contribution < -0.4 is 5.32 Å². The van der Waals surface area contributed by atoms with Crippen LogP contribution in [0.25, 0.3) is 0 Å². The van der Waals surface area contributed by atoms with E-state index in [1.807, 2.05) is 13.0 Å². The lowest BCUT2D eigenvalue weighted by molar-refractivity contribution is -0.138. The van der Waals surface area contributed by atoms with Crippen LogP contribution in [0, 0.1) is 5.82 Å². The van der Waals surface area contributed by atoms with Crippen LogP contribution in [0.3, 0.4) is 0 Å². The molecule has 0 heterocycles. The van der Waals surface area contributed by atoms with Crippen molar-refractivity contribution in [3.8, 4) is 0 Å². The topological polar surface area (TPSA) is 49.4 Å². The second-order valence-electron chi connectivity index (χ2n) is 6.45. The van der Waals surface area contributed by atoms with Crippen LogP contribution >= 0.6 is 35.0 Å². The smallest absolute Gasteiger partial charge is 0.242 e. The zero-order valence-electron chi connectivity index (χ0n) is 16.3. The molecule has 29 heavy (non-hydrogen) atoms. The minimum Gasteiger partial charge on any atom is -0.355 e. The average Bonchev–Trinajstić information content (AvgIpc) is 2.68. The zero-order valence-corrected chi connectivity index (χ0v) is 18.6. The Morgan fingerprint density at radius 3 is 2.48 bits per heavy atom. The monoisotopic (exact) mass is 456 g/mol. The van der Waals surface area contributed by atoms with Gasteiger partial charge in [0.25, 0.3) is 0 Å². The standard InChI is InChI=1S/C21H23Cl2FN2O2S/c1-3-25-21(28)14(2)26(11-15-4-8-18(24)9-5-15)20(27)13-29-12-16-6-7-17(22)10-19(16)23/h4-10,14H,3,11-13H2,1-2H3,(H,25,28). The Morgan fingerprint density at radius 1 is 1.17 bits per heavy atom. The van der Waals surface area contributed by atoms with Crippen molar-refractivity contribution in [1.29, 1.82) is 0 Å². The van der Waals surface area contributed by atoms with Gasteiger partial charge in [0.1, 0.15) is 11.9 Å². The van der Waals surface area contributed by atoms with Crippen molar-refractivity contribution >= 4 is 46.8 Å². The van der Waals surface area contributed by atoms with Crippen LogP contribution in [0.15, 0.2) is 42.5 Å². The maximum Gasteiger partial charge on any atom is 0.242 e. The summed E-state index contributed by atoms with van der Waals surface area (Å²) in [6, 6.07) is 10.5. The van der Waals surface area contributed by atoms with Crippen molar-refractivity contribution in [2.75, 3.05) is 12.3 Å². The van der Waals surface area contributed by atoms with Crippen LogP contribution in [0.4, 0.5) is 4.39 Å². The van der Waals surface area contributed by atoms with Gasteiger partial charge in [-0.05, 0) is 49.2 Å². The third-order valence-corrected chi connectivity index (χ3v) is 5.84. The SMILES string of the molecule is CCNC(=O)C(C)N(Cc1ccc(F)cc1)C(=O)CSCc1ccc(Cl)cc1Cl. The zero-order chi connectivity index (χ0) is 21.4. The predicted octanol–water partition coefficient (Wildman–Crippen LogP) is 4.92. The van der Waals surface area contributed by atoms with E-state index in [0.717, 1.165) is 11.1 Å². The Hall–Kier alpha value is -1.76. The van der Waals surface area contributed by atoms with Crippen LogP contribution in [-0.2, 0) is 21.9 Å². The summed E-state index contributed by atoms with van der Waals surface area (Å²) >= 11 is 13.5. The first-order valence-corrected chi connectivity index (χ1v) is 11.1. The number of hydrogen-bond donors (Lipinski definition) is 1. The van der Waals surface area contributed by atoms with Crippen molar-refractivity contribution in [2.45, 2.75) is 32.2 Å². The van der Waals surface area contributed by atoms with Gasteiger partial charge in [-0.3, -0.25) is 9.59 Å². The maximum atomic E-state index is 13.2. The normalized spacial score (nSPS) is 11.8. The van der Waals surface area contributed by atoms with Crippen molar-refractivity contribution in [2.24, 2.45) is 0 Å². The van der Waals surface area contributed by atoms with E-state index in [2.05, 4.69) is 5.32 Å². The number of rotatable bonds is 9. The number of amides is 2. The quantitative estimate of drug-likeness (QED) is 0.582. The van der Waals surface area contributed by atoms with Gasteiger partial charge in [-0.25, -0.2) is 4.39 Å². The van der Waals surface area contributed by atoms with E-state index in [9.17, 15) is 14.0 Å². The molecule has 2 aromatic carbocycles. The highest BCUT2D eigenvalue weighted by Gasteiger charge is 2.25. The van der Waals surface area contributed by atoms with Gasteiger partial charge < -0.3 is 10.2 Å².